The average molecular weight is 410 g/mol. The van der Waals surface area contributed by atoms with Crippen LogP contribution in [0.1, 0.15) is 17.0 Å². The molecule has 4 rings (SSSR count). The first kappa shape index (κ1) is 18.7. The van der Waals surface area contributed by atoms with E-state index in [1.807, 2.05) is 13.0 Å². The SMILES string of the molecule is Cc1noc(C)c1-c1ccc2c(S(=O)(=O)Nc3ccc(C#N)cc3F)c[nH]c2c1. The molecule has 0 bridgehead atoms. The fourth-order valence-corrected chi connectivity index (χ4v) is 4.49. The van der Waals surface area contributed by atoms with Gasteiger partial charge in [0.1, 0.15) is 16.5 Å². The molecule has 2 aromatic carbocycles. The van der Waals surface area contributed by atoms with Crippen LogP contribution in [-0.4, -0.2) is 18.6 Å². The average Bonchev–Trinajstić information content (AvgIpc) is 3.26. The van der Waals surface area contributed by atoms with Crippen molar-refractivity contribution in [2.75, 3.05) is 4.72 Å². The molecule has 2 aromatic heterocycles. The van der Waals surface area contributed by atoms with E-state index in [2.05, 4.69) is 14.9 Å². The number of nitrogens with zero attached hydrogens (tertiary/aromatic N) is 2. The molecule has 9 heteroatoms. The maximum Gasteiger partial charge on any atom is 0.264 e. The number of rotatable bonds is 4. The van der Waals surface area contributed by atoms with Crippen LogP contribution in [-0.2, 0) is 10.0 Å². The number of benzene rings is 2. The minimum absolute atomic E-state index is 0.0124. The van der Waals surface area contributed by atoms with Crippen molar-refractivity contribution in [3.63, 3.8) is 0 Å². The lowest BCUT2D eigenvalue weighted by Crippen LogP contribution is -2.13. The Balaban J connectivity index is 1.73. The fourth-order valence-electron chi connectivity index (χ4n) is 3.24. The largest absolute Gasteiger partial charge is 0.361 e. The number of aromatic nitrogens is 2. The molecule has 0 amide bonds. The van der Waals surface area contributed by atoms with Crippen LogP contribution < -0.4 is 4.72 Å². The summed E-state index contributed by atoms with van der Waals surface area (Å²) in [6.45, 7) is 3.64. The van der Waals surface area contributed by atoms with Crippen molar-refractivity contribution in [3.8, 4) is 17.2 Å². The molecular weight excluding hydrogens is 395 g/mol. The summed E-state index contributed by atoms with van der Waals surface area (Å²) in [6, 6.07) is 10.6. The molecule has 29 heavy (non-hydrogen) atoms. The number of hydrogen-bond donors (Lipinski definition) is 2. The van der Waals surface area contributed by atoms with Gasteiger partial charge in [0.2, 0.25) is 0 Å². The van der Waals surface area contributed by atoms with Gasteiger partial charge in [-0.15, -0.1) is 0 Å². The normalized spacial score (nSPS) is 11.5. The molecule has 0 atom stereocenters. The van der Waals surface area contributed by atoms with Gasteiger partial charge in [0.25, 0.3) is 10.0 Å². The molecule has 0 radical (unpaired) electrons. The molecule has 0 spiro atoms. The third-order valence-electron chi connectivity index (χ3n) is 4.60. The van der Waals surface area contributed by atoms with Gasteiger partial charge in [-0.2, -0.15) is 5.26 Å². The fraction of sp³-hybridized carbons (Fsp3) is 0.100. The van der Waals surface area contributed by atoms with Gasteiger partial charge in [-0.05, 0) is 43.7 Å². The van der Waals surface area contributed by atoms with E-state index in [1.54, 1.807) is 25.1 Å². The van der Waals surface area contributed by atoms with Gasteiger partial charge in [-0.1, -0.05) is 17.3 Å². The molecule has 0 aliphatic carbocycles. The van der Waals surface area contributed by atoms with Crippen molar-refractivity contribution >= 4 is 26.6 Å². The zero-order valence-electron chi connectivity index (χ0n) is 15.4. The quantitative estimate of drug-likeness (QED) is 0.522. The van der Waals surface area contributed by atoms with Gasteiger partial charge < -0.3 is 9.51 Å². The molecule has 0 saturated carbocycles. The lowest BCUT2D eigenvalue weighted by molar-refractivity contribution is 0.393. The summed E-state index contributed by atoms with van der Waals surface area (Å²) < 4.78 is 47.2. The first-order valence-corrected chi connectivity index (χ1v) is 10.1. The van der Waals surface area contributed by atoms with Gasteiger partial charge in [-0.3, -0.25) is 4.72 Å². The van der Waals surface area contributed by atoms with Crippen LogP contribution in [0.25, 0.3) is 22.0 Å². The van der Waals surface area contributed by atoms with Crippen molar-refractivity contribution in [2.24, 2.45) is 0 Å². The zero-order chi connectivity index (χ0) is 20.8. The van der Waals surface area contributed by atoms with E-state index in [4.69, 9.17) is 9.78 Å². The Labute approximate surface area is 165 Å². The molecule has 7 nitrogen and oxygen atoms in total. The number of aromatic amines is 1. The van der Waals surface area contributed by atoms with Crippen LogP contribution in [0, 0.1) is 31.0 Å². The van der Waals surface area contributed by atoms with Gasteiger partial charge in [-0.25, -0.2) is 12.8 Å². The lowest BCUT2D eigenvalue weighted by Gasteiger charge is -2.08. The van der Waals surface area contributed by atoms with E-state index in [0.29, 0.717) is 16.7 Å². The van der Waals surface area contributed by atoms with Crippen LogP contribution in [0.5, 0.6) is 0 Å². The predicted molar refractivity (Wildman–Crippen MR) is 105 cm³/mol. The topological polar surface area (TPSA) is 112 Å². The number of halogens is 1. The van der Waals surface area contributed by atoms with E-state index in [9.17, 15) is 12.8 Å². The highest BCUT2D eigenvalue weighted by molar-refractivity contribution is 7.93. The minimum atomic E-state index is -4.06. The van der Waals surface area contributed by atoms with Gasteiger partial charge in [0.05, 0.1) is 23.0 Å². The van der Waals surface area contributed by atoms with E-state index in [-0.39, 0.29) is 16.1 Å². The molecule has 2 N–H and O–H groups in total. The lowest BCUT2D eigenvalue weighted by atomic mass is 10.0. The highest BCUT2D eigenvalue weighted by atomic mass is 32.2. The summed E-state index contributed by atoms with van der Waals surface area (Å²) in [5.41, 5.74) is 2.90. The molecule has 4 aromatic rings. The number of H-pyrrole nitrogens is 1. The smallest absolute Gasteiger partial charge is 0.264 e. The second-order valence-corrected chi connectivity index (χ2v) is 8.18. The molecule has 2 heterocycles. The molecule has 146 valence electrons. The maximum atomic E-state index is 14.1. The Morgan fingerprint density at radius 3 is 2.66 bits per heavy atom. The second-order valence-electron chi connectivity index (χ2n) is 6.52. The number of sulfonamides is 1. The predicted octanol–water partition coefficient (Wildman–Crippen LogP) is 4.25. The standard InChI is InChI=1S/C20H15FN4O3S/c1-11-20(12(2)28-24-11)14-4-5-15-18(8-14)23-10-19(15)29(26,27)25-17-6-3-13(9-22)7-16(17)21/h3-8,10,23,25H,1-2H3. The van der Waals surface area contributed by atoms with Gasteiger partial charge in [0, 0.05) is 22.7 Å². The Bertz CT molecular complexity index is 1380. The van der Waals surface area contributed by atoms with Crippen molar-refractivity contribution in [2.45, 2.75) is 18.7 Å². The summed E-state index contributed by atoms with van der Waals surface area (Å²) in [5.74, 6) is -0.160. The van der Waals surface area contributed by atoms with Gasteiger partial charge >= 0.3 is 0 Å². The highest BCUT2D eigenvalue weighted by Crippen LogP contribution is 2.32. The van der Waals surface area contributed by atoms with Crippen LogP contribution in [0.4, 0.5) is 10.1 Å². The number of nitriles is 1. The molecule has 0 fully saturated rings. The van der Waals surface area contributed by atoms with E-state index in [0.717, 1.165) is 22.9 Å². The molecular formula is C20H15FN4O3S. The first-order chi connectivity index (χ1) is 13.8. The van der Waals surface area contributed by atoms with E-state index in [1.165, 1.54) is 18.3 Å². The number of aryl methyl sites for hydroxylation is 2. The Morgan fingerprint density at radius 2 is 2.00 bits per heavy atom. The molecule has 0 unspecified atom stereocenters. The summed E-state index contributed by atoms with van der Waals surface area (Å²) in [5, 5.41) is 13.2. The molecule has 0 aliphatic heterocycles. The van der Waals surface area contributed by atoms with Crippen LogP contribution >= 0.6 is 0 Å². The number of fused-ring (bicyclic) bond motifs is 1. The van der Waals surface area contributed by atoms with Gasteiger partial charge in [0.15, 0.2) is 0 Å². The first-order valence-electron chi connectivity index (χ1n) is 8.57. The number of nitrogens with one attached hydrogen (secondary N) is 2. The summed E-state index contributed by atoms with van der Waals surface area (Å²) >= 11 is 0. The Kier molecular flexibility index (Phi) is 4.36. The Hall–Kier alpha value is -3.64. The number of anilines is 1. The third-order valence-corrected chi connectivity index (χ3v) is 6.00. The third kappa shape index (κ3) is 3.23. The summed E-state index contributed by atoms with van der Waals surface area (Å²) in [7, 11) is -4.06. The van der Waals surface area contributed by atoms with Crippen LogP contribution in [0.2, 0.25) is 0 Å². The summed E-state index contributed by atoms with van der Waals surface area (Å²) in [6.07, 6.45) is 1.35. The molecule has 0 saturated heterocycles. The Morgan fingerprint density at radius 1 is 1.21 bits per heavy atom. The number of hydrogen-bond acceptors (Lipinski definition) is 5. The van der Waals surface area contributed by atoms with Crippen LogP contribution in [0.15, 0.2) is 52.0 Å². The molecule has 0 aliphatic rings. The second kappa shape index (κ2) is 6.76. The maximum absolute atomic E-state index is 14.1. The summed E-state index contributed by atoms with van der Waals surface area (Å²) in [4.78, 5) is 2.93. The van der Waals surface area contributed by atoms with Crippen molar-refractivity contribution < 1.29 is 17.3 Å². The van der Waals surface area contributed by atoms with Crippen molar-refractivity contribution in [3.05, 3.63) is 65.4 Å². The zero-order valence-corrected chi connectivity index (χ0v) is 16.3. The van der Waals surface area contributed by atoms with Crippen molar-refractivity contribution in [1.82, 2.24) is 10.1 Å². The van der Waals surface area contributed by atoms with E-state index >= 15 is 0 Å². The monoisotopic (exact) mass is 410 g/mol. The highest BCUT2D eigenvalue weighted by Gasteiger charge is 2.22. The van der Waals surface area contributed by atoms with E-state index < -0.39 is 15.8 Å². The van der Waals surface area contributed by atoms with Crippen LogP contribution in [0.3, 0.4) is 0 Å². The van der Waals surface area contributed by atoms with Crippen molar-refractivity contribution in [1.29, 1.82) is 5.26 Å². The minimum Gasteiger partial charge on any atom is -0.361 e.